The summed E-state index contributed by atoms with van der Waals surface area (Å²) in [6.45, 7) is 2.61. The normalized spacial score (nSPS) is 15.1. The van der Waals surface area contributed by atoms with E-state index in [2.05, 4.69) is 15.5 Å². The maximum atomic E-state index is 12.8. The van der Waals surface area contributed by atoms with E-state index in [0.717, 1.165) is 24.2 Å². The van der Waals surface area contributed by atoms with Gasteiger partial charge in [-0.25, -0.2) is 4.68 Å². The van der Waals surface area contributed by atoms with Crippen LogP contribution < -0.4 is 5.32 Å². The van der Waals surface area contributed by atoms with Gasteiger partial charge in [-0.15, -0.1) is 0 Å². The lowest BCUT2D eigenvalue weighted by atomic mass is 10.2. The first-order valence-electron chi connectivity index (χ1n) is 8.64. The van der Waals surface area contributed by atoms with Gasteiger partial charge < -0.3 is 5.32 Å². The van der Waals surface area contributed by atoms with E-state index in [4.69, 9.17) is 0 Å². The van der Waals surface area contributed by atoms with Crippen LogP contribution in [0.5, 0.6) is 0 Å². The van der Waals surface area contributed by atoms with Gasteiger partial charge in [0, 0.05) is 24.4 Å². The molecular weight excluding hydrogens is 314 g/mol. The molecule has 1 aliphatic carbocycles. The van der Waals surface area contributed by atoms with E-state index in [9.17, 15) is 4.79 Å². The lowest BCUT2D eigenvalue weighted by Crippen LogP contribution is -2.36. The van der Waals surface area contributed by atoms with Crippen LogP contribution >= 0.6 is 0 Å². The zero-order valence-corrected chi connectivity index (χ0v) is 14.2. The van der Waals surface area contributed by atoms with Crippen molar-refractivity contribution < 1.29 is 4.79 Å². The number of para-hydroxylation sites is 1. The van der Waals surface area contributed by atoms with Crippen LogP contribution in [0, 0.1) is 0 Å². The predicted octanol–water partition coefficient (Wildman–Crippen LogP) is 2.76. The number of nitrogens with one attached hydrogen (secondary N) is 1. The second kappa shape index (κ2) is 6.55. The van der Waals surface area contributed by atoms with Crippen LogP contribution in [0.3, 0.4) is 0 Å². The Bertz CT molecular complexity index is 849. The van der Waals surface area contributed by atoms with Gasteiger partial charge in [-0.05, 0) is 44.0 Å². The number of hydrogen-bond donors (Lipinski definition) is 1. The second-order valence-electron chi connectivity index (χ2n) is 6.58. The third-order valence-corrected chi connectivity index (χ3v) is 4.35. The van der Waals surface area contributed by atoms with Gasteiger partial charge >= 0.3 is 0 Å². The first-order chi connectivity index (χ1) is 12.2. The van der Waals surface area contributed by atoms with E-state index >= 15 is 0 Å². The van der Waals surface area contributed by atoms with Crippen LogP contribution in [-0.2, 0) is 6.54 Å². The fourth-order valence-corrected chi connectivity index (χ4v) is 2.94. The number of rotatable bonds is 6. The average molecular weight is 335 g/mol. The fraction of sp³-hybridized carbons (Fsp3) is 0.316. The second-order valence-corrected chi connectivity index (χ2v) is 6.58. The molecule has 4 rings (SSSR count). The van der Waals surface area contributed by atoms with Crippen LogP contribution in [0.15, 0.2) is 54.9 Å². The summed E-state index contributed by atoms with van der Waals surface area (Å²) in [6, 6.07) is 13.6. The molecule has 6 heteroatoms. The molecular formula is C19H21N5O. The Morgan fingerprint density at radius 3 is 2.76 bits per heavy atom. The summed E-state index contributed by atoms with van der Waals surface area (Å²) < 4.78 is 3.57. The summed E-state index contributed by atoms with van der Waals surface area (Å²) in [5.41, 5.74) is 2.49. The van der Waals surface area contributed by atoms with Crippen molar-refractivity contribution in [1.82, 2.24) is 24.9 Å². The molecule has 1 aromatic carbocycles. The topological polar surface area (TPSA) is 64.7 Å². The molecule has 3 aromatic rings. The molecule has 2 aromatic heterocycles. The molecule has 0 aliphatic heterocycles. The quantitative estimate of drug-likeness (QED) is 0.753. The fourth-order valence-electron chi connectivity index (χ4n) is 2.94. The molecule has 0 spiro atoms. The molecule has 1 amide bonds. The third kappa shape index (κ3) is 3.47. The van der Waals surface area contributed by atoms with E-state index in [1.807, 2.05) is 60.3 Å². The Labute approximate surface area is 146 Å². The highest BCUT2D eigenvalue weighted by Gasteiger charge is 2.29. The summed E-state index contributed by atoms with van der Waals surface area (Å²) >= 11 is 0. The van der Waals surface area contributed by atoms with Crippen molar-refractivity contribution in [2.24, 2.45) is 0 Å². The number of amides is 1. The lowest BCUT2D eigenvalue weighted by Gasteiger charge is -2.14. The predicted molar refractivity (Wildman–Crippen MR) is 94.7 cm³/mol. The SMILES string of the molecule is CC(Cn1cccn1)NC(=O)c1cc(C2CC2)nn1-c1ccccc1. The zero-order chi connectivity index (χ0) is 17.2. The van der Waals surface area contributed by atoms with Crippen molar-refractivity contribution in [3.63, 3.8) is 0 Å². The van der Waals surface area contributed by atoms with Crippen molar-refractivity contribution in [2.75, 3.05) is 0 Å². The number of hydrogen-bond acceptors (Lipinski definition) is 3. The molecule has 2 heterocycles. The highest BCUT2D eigenvalue weighted by atomic mass is 16.2. The zero-order valence-electron chi connectivity index (χ0n) is 14.2. The van der Waals surface area contributed by atoms with Gasteiger partial charge in [-0.2, -0.15) is 10.2 Å². The molecule has 1 N–H and O–H groups in total. The van der Waals surface area contributed by atoms with Gasteiger partial charge in [-0.3, -0.25) is 9.48 Å². The highest BCUT2D eigenvalue weighted by Crippen LogP contribution is 2.39. The maximum Gasteiger partial charge on any atom is 0.270 e. The number of carbonyl (C=O) groups excluding carboxylic acids is 1. The molecule has 128 valence electrons. The van der Waals surface area contributed by atoms with Crippen LogP contribution in [-0.4, -0.2) is 31.5 Å². The Kier molecular flexibility index (Phi) is 4.09. The van der Waals surface area contributed by atoms with Gasteiger partial charge in [0.25, 0.3) is 5.91 Å². The molecule has 1 aliphatic rings. The van der Waals surface area contributed by atoms with Gasteiger partial charge in [-0.1, -0.05) is 18.2 Å². The van der Waals surface area contributed by atoms with E-state index in [-0.39, 0.29) is 11.9 Å². The standard InChI is InChI=1S/C19H21N5O/c1-14(13-23-11-5-10-20-23)21-19(25)18-12-17(15-8-9-15)22-24(18)16-6-3-2-4-7-16/h2-7,10-12,14-15H,8-9,13H2,1H3,(H,21,25). The molecule has 0 saturated heterocycles. The van der Waals surface area contributed by atoms with Crippen molar-refractivity contribution in [2.45, 2.75) is 38.3 Å². The average Bonchev–Trinajstić information content (AvgIpc) is 3.16. The number of nitrogens with zero attached hydrogens (tertiary/aromatic N) is 4. The van der Waals surface area contributed by atoms with Gasteiger partial charge in [0.05, 0.1) is 17.9 Å². The van der Waals surface area contributed by atoms with Gasteiger partial charge in [0.1, 0.15) is 5.69 Å². The van der Waals surface area contributed by atoms with E-state index in [1.165, 1.54) is 0 Å². The Morgan fingerprint density at radius 1 is 1.28 bits per heavy atom. The molecule has 0 bridgehead atoms. The van der Waals surface area contributed by atoms with Crippen molar-refractivity contribution in [3.05, 3.63) is 66.2 Å². The highest BCUT2D eigenvalue weighted by molar-refractivity contribution is 5.93. The molecule has 6 nitrogen and oxygen atoms in total. The van der Waals surface area contributed by atoms with Crippen LogP contribution in [0.25, 0.3) is 5.69 Å². The summed E-state index contributed by atoms with van der Waals surface area (Å²) in [5, 5.41) is 11.9. The number of carbonyl (C=O) groups is 1. The maximum absolute atomic E-state index is 12.8. The minimum absolute atomic E-state index is 0.0316. The molecule has 1 fully saturated rings. The molecule has 1 atom stereocenters. The minimum atomic E-state index is -0.108. The van der Waals surface area contributed by atoms with Crippen molar-refractivity contribution >= 4 is 5.91 Å². The van der Waals surface area contributed by atoms with E-state index in [0.29, 0.717) is 18.2 Å². The largest absolute Gasteiger partial charge is 0.346 e. The van der Waals surface area contributed by atoms with E-state index < -0.39 is 0 Å². The molecule has 1 saturated carbocycles. The Morgan fingerprint density at radius 2 is 2.08 bits per heavy atom. The van der Waals surface area contributed by atoms with E-state index in [1.54, 1.807) is 10.9 Å². The van der Waals surface area contributed by atoms with Crippen LogP contribution in [0.1, 0.15) is 41.9 Å². The third-order valence-electron chi connectivity index (χ3n) is 4.35. The number of benzene rings is 1. The summed E-state index contributed by atoms with van der Waals surface area (Å²) in [7, 11) is 0. The summed E-state index contributed by atoms with van der Waals surface area (Å²) in [4.78, 5) is 12.8. The lowest BCUT2D eigenvalue weighted by molar-refractivity contribution is 0.0928. The van der Waals surface area contributed by atoms with Crippen molar-refractivity contribution in [3.8, 4) is 5.69 Å². The Hall–Kier alpha value is -2.89. The van der Waals surface area contributed by atoms with Gasteiger partial charge in [0.2, 0.25) is 0 Å². The minimum Gasteiger partial charge on any atom is -0.346 e. The van der Waals surface area contributed by atoms with Crippen molar-refractivity contribution in [1.29, 1.82) is 0 Å². The Balaban J connectivity index is 1.56. The van der Waals surface area contributed by atoms with Gasteiger partial charge in [0.15, 0.2) is 0 Å². The van der Waals surface area contributed by atoms with Crippen LogP contribution in [0.4, 0.5) is 0 Å². The molecule has 25 heavy (non-hydrogen) atoms. The smallest absolute Gasteiger partial charge is 0.270 e. The molecule has 1 unspecified atom stereocenters. The first-order valence-corrected chi connectivity index (χ1v) is 8.64. The monoisotopic (exact) mass is 335 g/mol. The first kappa shape index (κ1) is 15.6. The summed E-state index contributed by atoms with van der Waals surface area (Å²) in [5.74, 6) is 0.390. The summed E-state index contributed by atoms with van der Waals surface area (Å²) in [6.07, 6.45) is 5.94. The molecule has 0 radical (unpaired) electrons. The van der Waals surface area contributed by atoms with Crippen LogP contribution in [0.2, 0.25) is 0 Å². The number of aromatic nitrogens is 4.